The molecule has 0 aliphatic rings. The summed E-state index contributed by atoms with van der Waals surface area (Å²) in [7, 11) is 0. The molecular weight excluding hydrogens is 468 g/mol. The van der Waals surface area contributed by atoms with Gasteiger partial charge in [-0.15, -0.1) is 0 Å². The van der Waals surface area contributed by atoms with Gasteiger partial charge in [-0.25, -0.2) is 9.59 Å². The second kappa shape index (κ2) is 12.8. The fourth-order valence-corrected chi connectivity index (χ4v) is 2.94. The molecule has 35 heavy (non-hydrogen) atoms. The maximum absolute atomic E-state index is 11.7. The van der Waals surface area contributed by atoms with E-state index < -0.39 is 11.9 Å². The van der Waals surface area contributed by atoms with E-state index >= 15 is 0 Å². The molecule has 0 spiro atoms. The Balaban J connectivity index is 0.000000196. The van der Waals surface area contributed by atoms with Gasteiger partial charge in [0.05, 0.1) is 11.1 Å². The van der Waals surface area contributed by atoms with Crippen molar-refractivity contribution < 1.29 is 29.3 Å². The Morgan fingerprint density at radius 1 is 0.571 bits per heavy atom. The number of ether oxygens (including phenoxy) is 2. The fourth-order valence-electron chi connectivity index (χ4n) is 2.81. The summed E-state index contributed by atoms with van der Waals surface area (Å²) in [5, 5.41) is 18.8. The van der Waals surface area contributed by atoms with Crippen LogP contribution < -0.4 is 0 Å². The molecule has 0 bridgehead atoms. The molecule has 0 atom stereocenters. The van der Waals surface area contributed by atoms with Crippen molar-refractivity contribution in [2.45, 2.75) is 13.2 Å². The number of esters is 2. The van der Waals surface area contributed by atoms with E-state index in [0.717, 1.165) is 11.1 Å². The Bertz CT molecular complexity index is 1220. The Labute approximate surface area is 208 Å². The molecule has 0 saturated carbocycles. The molecule has 4 aromatic carbocycles. The maximum Gasteiger partial charge on any atom is 0.338 e. The second-order valence-corrected chi connectivity index (χ2v) is 7.79. The van der Waals surface area contributed by atoms with Crippen LogP contribution >= 0.6 is 11.6 Å². The average Bonchev–Trinajstić information content (AvgIpc) is 2.88. The molecule has 0 radical (unpaired) electrons. The Kier molecular flexibility index (Phi) is 9.28. The molecule has 0 aromatic heterocycles. The van der Waals surface area contributed by atoms with Gasteiger partial charge in [0.25, 0.3) is 0 Å². The first-order chi connectivity index (χ1) is 16.9. The number of hydrogen-bond donors (Lipinski definition) is 2. The number of phenols is 2. The van der Waals surface area contributed by atoms with Crippen LogP contribution in [0.2, 0.25) is 5.02 Å². The third kappa shape index (κ3) is 8.53. The first kappa shape index (κ1) is 25.3. The number of benzene rings is 4. The van der Waals surface area contributed by atoms with Crippen molar-refractivity contribution >= 4 is 23.5 Å². The first-order valence-electron chi connectivity index (χ1n) is 10.6. The van der Waals surface area contributed by atoms with Gasteiger partial charge in [0.15, 0.2) is 0 Å². The van der Waals surface area contributed by atoms with Crippen LogP contribution in [0.1, 0.15) is 31.8 Å². The minimum Gasteiger partial charge on any atom is -0.508 e. The number of carbonyl (C=O) groups is 2. The molecule has 0 amide bonds. The van der Waals surface area contributed by atoms with Crippen LogP contribution in [-0.2, 0) is 22.7 Å². The molecule has 0 saturated heterocycles. The quantitative estimate of drug-likeness (QED) is 0.315. The van der Waals surface area contributed by atoms with Crippen LogP contribution in [-0.4, -0.2) is 22.2 Å². The standard InChI is InChI=1S/C14H11ClO3.C14H12O3/c15-12-5-1-10(2-6-12)9-18-14(17)11-3-7-13(16)8-4-11;15-13-8-6-12(7-9-13)14(16)17-10-11-4-2-1-3-5-11/h1-8,16H,9H2;1-9,15H,10H2. The van der Waals surface area contributed by atoms with E-state index in [0.29, 0.717) is 16.1 Å². The maximum atomic E-state index is 11.7. The summed E-state index contributed by atoms with van der Waals surface area (Å²) in [6, 6.07) is 28.4. The van der Waals surface area contributed by atoms with E-state index in [1.807, 2.05) is 30.3 Å². The largest absolute Gasteiger partial charge is 0.508 e. The predicted molar refractivity (Wildman–Crippen MR) is 132 cm³/mol. The number of hydrogen-bond acceptors (Lipinski definition) is 6. The minimum absolute atomic E-state index is 0.115. The molecule has 6 nitrogen and oxygen atoms in total. The number of phenolic OH excluding ortho intramolecular Hbond substituents is 2. The van der Waals surface area contributed by atoms with E-state index in [-0.39, 0.29) is 24.7 Å². The molecule has 7 heteroatoms. The van der Waals surface area contributed by atoms with Gasteiger partial charge in [0, 0.05) is 5.02 Å². The van der Waals surface area contributed by atoms with Crippen LogP contribution in [0.15, 0.2) is 103 Å². The predicted octanol–water partition coefficient (Wildman–Crippen LogP) is 6.15. The summed E-state index contributed by atoms with van der Waals surface area (Å²) in [6.07, 6.45) is 0. The lowest BCUT2D eigenvalue weighted by Crippen LogP contribution is -2.04. The third-order valence-electron chi connectivity index (χ3n) is 4.70. The number of halogens is 1. The van der Waals surface area contributed by atoms with Crippen LogP contribution in [0.3, 0.4) is 0 Å². The highest BCUT2D eigenvalue weighted by atomic mass is 35.5. The monoisotopic (exact) mass is 490 g/mol. The lowest BCUT2D eigenvalue weighted by molar-refractivity contribution is 0.0464. The topological polar surface area (TPSA) is 93.1 Å². The number of aromatic hydroxyl groups is 2. The summed E-state index contributed by atoms with van der Waals surface area (Å²) in [4.78, 5) is 23.3. The molecule has 0 aliphatic carbocycles. The summed E-state index contributed by atoms with van der Waals surface area (Å²) in [5.41, 5.74) is 2.65. The summed E-state index contributed by atoms with van der Waals surface area (Å²) < 4.78 is 10.3. The van der Waals surface area contributed by atoms with Crippen molar-refractivity contribution in [3.05, 3.63) is 130 Å². The molecule has 2 N–H and O–H groups in total. The third-order valence-corrected chi connectivity index (χ3v) is 4.95. The normalized spacial score (nSPS) is 9.97. The highest BCUT2D eigenvalue weighted by Crippen LogP contribution is 2.14. The summed E-state index contributed by atoms with van der Waals surface area (Å²) >= 11 is 5.75. The van der Waals surface area contributed by atoms with Gasteiger partial charge in [0.1, 0.15) is 24.7 Å². The SMILES string of the molecule is O=C(OCc1ccc(Cl)cc1)c1ccc(O)cc1.O=C(OCc1ccccc1)c1ccc(O)cc1. The zero-order valence-corrected chi connectivity index (χ0v) is 19.4. The van der Waals surface area contributed by atoms with E-state index in [9.17, 15) is 9.59 Å². The van der Waals surface area contributed by atoms with Crippen molar-refractivity contribution in [3.63, 3.8) is 0 Å². The van der Waals surface area contributed by atoms with Crippen molar-refractivity contribution in [2.24, 2.45) is 0 Å². The number of carbonyl (C=O) groups excluding carboxylic acids is 2. The van der Waals surface area contributed by atoms with Gasteiger partial charge in [-0.05, 0) is 71.8 Å². The molecule has 0 aliphatic heterocycles. The van der Waals surface area contributed by atoms with Gasteiger partial charge in [-0.1, -0.05) is 54.1 Å². The van der Waals surface area contributed by atoms with Crippen molar-refractivity contribution in [3.8, 4) is 11.5 Å². The molecule has 0 unspecified atom stereocenters. The zero-order valence-electron chi connectivity index (χ0n) is 18.6. The molecule has 0 fully saturated rings. The first-order valence-corrected chi connectivity index (χ1v) is 11.0. The van der Waals surface area contributed by atoms with E-state index in [1.54, 1.807) is 24.3 Å². The molecule has 0 heterocycles. The van der Waals surface area contributed by atoms with Crippen LogP contribution in [0.5, 0.6) is 11.5 Å². The van der Waals surface area contributed by atoms with E-state index in [2.05, 4.69) is 0 Å². The highest BCUT2D eigenvalue weighted by Gasteiger charge is 2.08. The molecular formula is C28H23ClO6. The average molecular weight is 491 g/mol. The molecule has 4 aromatic rings. The van der Waals surface area contributed by atoms with Gasteiger partial charge in [-0.3, -0.25) is 0 Å². The summed E-state index contributed by atoms with van der Waals surface area (Å²) in [6.45, 7) is 0.442. The van der Waals surface area contributed by atoms with Crippen molar-refractivity contribution in [1.29, 1.82) is 0 Å². The van der Waals surface area contributed by atoms with Crippen molar-refractivity contribution in [1.82, 2.24) is 0 Å². The molecule has 4 rings (SSSR count). The second-order valence-electron chi connectivity index (χ2n) is 7.36. The van der Waals surface area contributed by atoms with Crippen LogP contribution in [0, 0.1) is 0 Å². The van der Waals surface area contributed by atoms with E-state index in [1.165, 1.54) is 48.5 Å². The van der Waals surface area contributed by atoms with Crippen molar-refractivity contribution in [2.75, 3.05) is 0 Å². The van der Waals surface area contributed by atoms with Gasteiger partial charge in [-0.2, -0.15) is 0 Å². The minimum atomic E-state index is -0.426. The zero-order chi connectivity index (χ0) is 25.0. The summed E-state index contributed by atoms with van der Waals surface area (Å²) in [5.74, 6) is -0.576. The van der Waals surface area contributed by atoms with Crippen LogP contribution in [0.25, 0.3) is 0 Å². The fraction of sp³-hybridized carbons (Fsp3) is 0.0714. The Morgan fingerprint density at radius 3 is 1.40 bits per heavy atom. The van der Waals surface area contributed by atoms with Gasteiger partial charge >= 0.3 is 11.9 Å². The number of rotatable bonds is 6. The van der Waals surface area contributed by atoms with E-state index in [4.69, 9.17) is 31.3 Å². The lowest BCUT2D eigenvalue weighted by atomic mass is 10.2. The molecule has 178 valence electrons. The Hall–Kier alpha value is -4.29. The van der Waals surface area contributed by atoms with Gasteiger partial charge in [0.2, 0.25) is 0 Å². The lowest BCUT2D eigenvalue weighted by Gasteiger charge is -2.05. The Morgan fingerprint density at radius 2 is 0.971 bits per heavy atom. The smallest absolute Gasteiger partial charge is 0.338 e. The van der Waals surface area contributed by atoms with Gasteiger partial charge < -0.3 is 19.7 Å². The van der Waals surface area contributed by atoms with Crippen LogP contribution in [0.4, 0.5) is 0 Å². The highest BCUT2D eigenvalue weighted by molar-refractivity contribution is 6.30.